The van der Waals surface area contributed by atoms with E-state index in [0.717, 1.165) is 0 Å². The van der Waals surface area contributed by atoms with E-state index >= 15 is 0 Å². The quantitative estimate of drug-likeness (QED) is 0.688. The van der Waals surface area contributed by atoms with Crippen molar-refractivity contribution in [1.82, 2.24) is 4.98 Å². The molecule has 0 radical (unpaired) electrons. The van der Waals surface area contributed by atoms with E-state index in [4.69, 9.17) is 0 Å². The lowest BCUT2D eigenvalue weighted by atomic mass is 10.1. The first-order chi connectivity index (χ1) is 9.99. The Morgan fingerprint density at radius 1 is 1.29 bits per heavy atom. The van der Waals surface area contributed by atoms with Crippen molar-refractivity contribution in [2.45, 2.75) is 0 Å². The van der Waals surface area contributed by atoms with Crippen LogP contribution in [0.4, 0.5) is 17.2 Å². The Morgan fingerprint density at radius 2 is 2.05 bits per heavy atom. The van der Waals surface area contributed by atoms with Crippen molar-refractivity contribution in [2.24, 2.45) is 0 Å². The van der Waals surface area contributed by atoms with Gasteiger partial charge >= 0.3 is 0 Å². The largest absolute Gasteiger partial charge is 0.372 e. The van der Waals surface area contributed by atoms with Crippen LogP contribution in [0.1, 0.15) is 10.4 Å². The van der Waals surface area contributed by atoms with Gasteiger partial charge in [-0.15, -0.1) is 0 Å². The third-order valence-electron chi connectivity index (χ3n) is 2.82. The summed E-state index contributed by atoms with van der Waals surface area (Å²) in [6.45, 7) is 0. The van der Waals surface area contributed by atoms with E-state index in [2.05, 4.69) is 10.3 Å². The molecule has 0 aliphatic rings. The maximum absolute atomic E-state index is 12.1. The number of aromatic nitrogens is 1. The van der Waals surface area contributed by atoms with Crippen molar-refractivity contribution in [3.05, 3.63) is 58.3 Å². The zero-order chi connectivity index (χ0) is 15.4. The van der Waals surface area contributed by atoms with Crippen LogP contribution in [0.3, 0.4) is 0 Å². The molecule has 1 heterocycles. The summed E-state index contributed by atoms with van der Waals surface area (Å²) in [5.41, 5.74) is 0.529. The lowest BCUT2D eigenvalue weighted by Crippen LogP contribution is -2.15. The van der Waals surface area contributed by atoms with Crippen LogP contribution in [-0.4, -0.2) is 29.9 Å². The van der Waals surface area contributed by atoms with Gasteiger partial charge in [0.2, 0.25) is 0 Å². The molecule has 0 aliphatic heterocycles. The third kappa shape index (κ3) is 3.33. The molecule has 2 rings (SSSR count). The maximum Gasteiger partial charge on any atom is 0.293 e. The summed E-state index contributed by atoms with van der Waals surface area (Å²) in [4.78, 5) is 28.3. The number of benzene rings is 1. The lowest BCUT2D eigenvalue weighted by Gasteiger charge is -2.13. The molecule has 7 heteroatoms. The van der Waals surface area contributed by atoms with E-state index in [9.17, 15) is 14.9 Å². The number of hydrogen-bond donors (Lipinski definition) is 1. The fraction of sp³-hybridized carbons (Fsp3) is 0.143. The van der Waals surface area contributed by atoms with Gasteiger partial charge in [0.05, 0.1) is 4.92 Å². The van der Waals surface area contributed by atoms with Gasteiger partial charge in [-0.3, -0.25) is 14.9 Å². The van der Waals surface area contributed by atoms with Crippen LogP contribution in [0.5, 0.6) is 0 Å². The highest BCUT2D eigenvalue weighted by Crippen LogP contribution is 2.27. The van der Waals surface area contributed by atoms with Gasteiger partial charge in [0.15, 0.2) is 0 Å². The minimum Gasteiger partial charge on any atom is -0.372 e. The third-order valence-corrected chi connectivity index (χ3v) is 2.82. The molecule has 7 nitrogen and oxygen atoms in total. The first-order valence-electron chi connectivity index (χ1n) is 6.17. The summed E-state index contributed by atoms with van der Waals surface area (Å²) in [7, 11) is 3.41. The van der Waals surface area contributed by atoms with Gasteiger partial charge in [-0.1, -0.05) is 6.07 Å². The highest BCUT2D eigenvalue weighted by Gasteiger charge is 2.18. The average Bonchev–Trinajstić information content (AvgIpc) is 2.47. The molecule has 0 unspecified atom stereocenters. The fourth-order valence-electron chi connectivity index (χ4n) is 1.81. The molecule has 1 N–H and O–H groups in total. The number of nitro benzene ring substituents is 1. The standard InChI is InChI=1S/C14H14N4O3/c1-17(2)11-7-6-10(9-12(11)18(20)21)14(19)16-13-5-3-4-8-15-13/h3-9H,1-2H3,(H,15,16,19). The number of carbonyl (C=O) groups is 1. The molecule has 0 bridgehead atoms. The van der Waals surface area contributed by atoms with Gasteiger partial charge < -0.3 is 10.2 Å². The molecule has 21 heavy (non-hydrogen) atoms. The van der Waals surface area contributed by atoms with Gasteiger partial charge in [-0.05, 0) is 24.3 Å². The maximum atomic E-state index is 12.1. The van der Waals surface area contributed by atoms with Gasteiger partial charge in [-0.2, -0.15) is 0 Å². The Kier molecular flexibility index (Phi) is 4.13. The van der Waals surface area contributed by atoms with Crippen LogP contribution < -0.4 is 10.2 Å². The number of hydrogen-bond acceptors (Lipinski definition) is 5. The van der Waals surface area contributed by atoms with Crippen LogP contribution in [0.15, 0.2) is 42.6 Å². The topological polar surface area (TPSA) is 88.4 Å². The van der Waals surface area contributed by atoms with Crippen molar-refractivity contribution < 1.29 is 9.72 Å². The number of amides is 1. The SMILES string of the molecule is CN(C)c1ccc(C(=O)Nc2ccccn2)cc1[N+](=O)[O-]. The second kappa shape index (κ2) is 6.00. The van der Waals surface area contributed by atoms with E-state index in [1.54, 1.807) is 55.5 Å². The molecule has 0 spiro atoms. The van der Waals surface area contributed by atoms with E-state index in [1.807, 2.05) is 0 Å². The minimum absolute atomic E-state index is 0.117. The summed E-state index contributed by atoms with van der Waals surface area (Å²) in [5.74, 6) is -0.0519. The summed E-state index contributed by atoms with van der Waals surface area (Å²) in [6.07, 6.45) is 1.55. The van der Waals surface area contributed by atoms with Crippen molar-refractivity contribution >= 4 is 23.1 Å². The molecule has 1 aromatic carbocycles. The van der Waals surface area contributed by atoms with Gasteiger partial charge in [0, 0.05) is 31.9 Å². The molecule has 1 aromatic heterocycles. The van der Waals surface area contributed by atoms with Crippen LogP contribution >= 0.6 is 0 Å². The summed E-state index contributed by atoms with van der Waals surface area (Å²) < 4.78 is 0. The number of nitrogens with one attached hydrogen (secondary N) is 1. The minimum atomic E-state index is -0.507. The highest BCUT2D eigenvalue weighted by atomic mass is 16.6. The molecular formula is C14H14N4O3. The molecule has 1 amide bonds. The first-order valence-corrected chi connectivity index (χ1v) is 6.17. The Morgan fingerprint density at radius 3 is 2.62 bits per heavy atom. The molecule has 0 atom stereocenters. The summed E-state index contributed by atoms with van der Waals surface area (Å²) >= 11 is 0. The zero-order valence-corrected chi connectivity index (χ0v) is 11.6. The molecule has 0 fully saturated rings. The highest BCUT2D eigenvalue weighted by molar-refractivity contribution is 6.04. The molecule has 108 valence electrons. The molecule has 0 saturated carbocycles. The number of carbonyl (C=O) groups excluding carboxylic acids is 1. The molecule has 0 saturated heterocycles. The first kappa shape index (κ1) is 14.4. The fourth-order valence-corrected chi connectivity index (χ4v) is 1.81. The van der Waals surface area contributed by atoms with Gasteiger partial charge in [0.25, 0.3) is 11.6 Å². The lowest BCUT2D eigenvalue weighted by molar-refractivity contribution is -0.384. The van der Waals surface area contributed by atoms with E-state index in [-0.39, 0.29) is 11.3 Å². The van der Waals surface area contributed by atoms with Crippen molar-refractivity contribution in [2.75, 3.05) is 24.3 Å². The number of nitro groups is 1. The predicted molar refractivity (Wildman–Crippen MR) is 79.6 cm³/mol. The van der Waals surface area contributed by atoms with Crippen molar-refractivity contribution in [3.8, 4) is 0 Å². The number of anilines is 2. The number of pyridine rings is 1. The Labute approximate surface area is 121 Å². The second-order valence-electron chi connectivity index (χ2n) is 4.52. The van der Waals surface area contributed by atoms with Gasteiger partial charge in [0.1, 0.15) is 11.5 Å². The van der Waals surface area contributed by atoms with Crippen molar-refractivity contribution in [3.63, 3.8) is 0 Å². The Bertz CT molecular complexity index is 671. The Hall–Kier alpha value is -2.96. The predicted octanol–water partition coefficient (Wildman–Crippen LogP) is 2.31. The Balaban J connectivity index is 2.30. The van der Waals surface area contributed by atoms with Crippen molar-refractivity contribution in [1.29, 1.82) is 0 Å². The monoisotopic (exact) mass is 286 g/mol. The van der Waals surface area contributed by atoms with Crippen LogP contribution in [0, 0.1) is 10.1 Å². The van der Waals surface area contributed by atoms with E-state index in [0.29, 0.717) is 11.5 Å². The molecular weight excluding hydrogens is 272 g/mol. The van der Waals surface area contributed by atoms with E-state index in [1.165, 1.54) is 6.07 Å². The molecule has 2 aromatic rings. The zero-order valence-electron chi connectivity index (χ0n) is 11.6. The summed E-state index contributed by atoms with van der Waals surface area (Å²) in [6, 6.07) is 9.45. The second-order valence-corrected chi connectivity index (χ2v) is 4.52. The summed E-state index contributed by atoms with van der Waals surface area (Å²) in [5, 5.41) is 13.7. The van der Waals surface area contributed by atoms with Crippen LogP contribution in [0.25, 0.3) is 0 Å². The number of nitrogens with zero attached hydrogens (tertiary/aromatic N) is 3. The van der Waals surface area contributed by atoms with Gasteiger partial charge in [-0.25, -0.2) is 4.98 Å². The molecule has 0 aliphatic carbocycles. The van der Waals surface area contributed by atoms with Crippen LogP contribution in [-0.2, 0) is 0 Å². The van der Waals surface area contributed by atoms with E-state index < -0.39 is 10.8 Å². The smallest absolute Gasteiger partial charge is 0.293 e. The van der Waals surface area contributed by atoms with Crippen LogP contribution in [0.2, 0.25) is 0 Å². The number of rotatable bonds is 4. The average molecular weight is 286 g/mol. The normalized spacial score (nSPS) is 10.0.